The monoisotopic (exact) mass is 539 g/mol. The van der Waals surface area contributed by atoms with Crippen molar-refractivity contribution in [2.75, 3.05) is 0 Å². The summed E-state index contributed by atoms with van der Waals surface area (Å²) < 4.78 is 0. The average molecular weight is 539 g/mol. The second kappa shape index (κ2) is 82.2. The van der Waals surface area contributed by atoms with Crippen LogP contribution in [0.25, 0.3) is 0 Å². The molecule has 12 radical (unpaired) electrons. The predicted octanol–water partition coefficient (Wildman–Crippen LogP) is -0.0300. The van der Waals surface area contributed by atoms with Crippen molar-refractivity contribution in [3.8, 4) is 0 Å². The second-order valence-corrected chi connectivity index (χ2v) is 0. The van der Waals surface area contributed by atoms with Gasteiger partial charge in [0.2, 0.25) is 0 Å². The van der Waals surface area contributed by atoms with Crippen LogP contribution >= 0.6 is 0 Å². The van der Waals surface area contributed by atoms with Gasteiger partial charge in [-0.25, -0.2) is 0 Å². The first-order chi connectivity index (χ1) is 0. The topological polar surface area (TPSA) is 0 Å². The summed E-state index contributed by atoms with van der Waals surface area (Å²) in [7, 11) is 0. The summed E-state index contributed by atoms with van der Waals surface area (Å²) in [6, 6.07) is 0. The van der Waals surface area contributed by atoms with Gasteiger partial charge in [0.05, 0.1) is 0 Å². The molecule has 12 heavy (non-hydrogen) atoms. The predicted molar refractivity (Wildman–Crippen MR) is 0 cm³/mol. The largest absolute Gasteiger partial charge is 0 e. The Labute approximate surface area is 300 Å². The van der Waals surface area contributed by atoms with Gasteiger partial charge in [-0.1, -0.05) is 0 Å². The summed E-state index contributed by atoms with van der Waals surface area (Å²) in [5, 5.41) is 0. The molecule has 0 nitrogen and oxygen atoms in total. The van der Waals surface area contributed by atoms with Crippen molar-refractivity contribution >= 4 is 0 Å². The third-order valence-electron chi connectivity index (χ3n) is 0. The maximum absolute atomic E-state index is 0. The Morgan fingerprint density at radius 1 is 0.0833 bits per heavy atom. The van der Waals surface area contributed by atoms with Crippen LogP contribution in [0.5, 0.6) is 0 Å². The van der Waals surface area contributed by atoms with Crippen LogP contribution in [-0.4, -0.2) is 0 Å². The van der Waals surface area contributed by atoms with Gasteiger partial charge in [-0.2, -0.15) is 0 Å². The van der Waals surface area contributed by atoms with Crippen molar-refractivity contribution in [2.24, 2.45) is 0 Å². The fourth-order valence-corrected chi connectivity index (χ4v) is 0. The Balaban J connectivity index is 0. The van der Waals surface area contributed by atoms with Crippen LogP contribution in [0.4, 0.5) is 0 Å². The molecule has 0 heterocycles. The van der Waals surface area contributed by atoms with Crippen molar-refractivity contribution < 1.29 is 310 Å². The molecule has 0 aromatic rings. The Kier molecular flexibility index (Phi) is 648. The quantitative estimate of drug-likeness (QED) is 0.406. The average Bonchev–Trinajstić information content (AvgIpc) is 0. The molecule has 0 saturated carbocycles. The van der Waals surface area contributed by atoms with E-state index in [0.717, 1.165) is 0 Å². The Morgan fingerprint density at radius 3 is 0.0833 bits per heavy atom. The Hall–Kier alpha value is 10.4. The number of hydrogen-bond donors (Lipinski definition) is 0. The van der Waals surface area contributed by atoms with Gasteiger partial charge in [0.15, 0.2) is 0 Å². The molecule has 0 amide bonds. The van der Waals surface area contributed by atoms with E-state index in [-0.39, 0.29) is 310 Å². The van der Waals surface area contributed by atoms with Gasteiger partial charge in [-0.3, -0.25) is 0 Å². The molecule has 0 aromatic carbocycles. The van der Waals surface area contributed by atoms with E-state index < -0.39 is 0 Å². The molecule has 0 aliphatic heterocycles. The minimum Gasteiger partial charge on any atom is 0 e. The van der Waals surface area contributed by atoms with Gasteiger partial charge in [-0.15, -0.1) is 0 Å². The molecule has 0 rings (SSSR count). The van der Waals surface area contributed by atoms with E-state index in [1.54, 1.807) is 0 Å². The van der Waals surface area contributed by atoms with E-state index in [2.05, 4.69) is 0 Å². The molecule has 0 spiro atoms. The van der Waals surface area contributed by atoms with E-state index in [1.165, 1.54) is 0 Å². The summed E-state index contributed by atoms with van der Waals surface area (Å²) in [5.41, 5.74) is 0. The standard InChI is InChI=1S/12Sc. The first-order valence-corrected chi connectivity index (χ1v) is 0. The summed E-state index contributed by atoms with van der Waals surface area (Å²) in [4.78, 5) is 0. The van der Waals surface area contributed by atoms with Gasteiger partial charge in [0.25, 0.3) is 0 Å². The number of hydrogen-bond acceptors (Lipinski definition) is 0. The van der Waals surface area contributed by atoms with Crippen LogP contribution in [0.15, 0.2) is 0 Å². The molecule has 0 atom stereocenters. The molecular weight excluding hydrogens is 539 g/mol. The smallest absolute Gasteiger partial charge is 0 e. The maximum atomic E-state index is 0. The summed E-state index contributed by atoms with van der Waals surface area (Å²) >= 11 is 0. The molecule has 12 heteroatoms. The molecule has 0 aromatic heterocycles. The zero-order chi connectivity index (χ0) is 0. The molecule has 0 aliphatic carbocycles. The molecular formula is Sc12. The van der Waals surface area contributed by atoms with Crippen LogP contribution < -0.4 is 0 Å². The van der Waals surface area contributed by atoms with Crippen LogP contribution in [0, 0.1) is 0 Å². The SMILES string of the molecule is [Sc].[Sc].[Sc].[Sc].[Sc].[Sc].[Sc].[Sc].[Sc].[Sc].[Sc].[Sc]. The van der Waals surface area contributed by atoms with Gasteiger partial charge >= 0.3 is 0 Å². The summed E-state index contributed by atoms with van der Waals surface area (Å²) in [6.45, 7) is 0. The van der Waals surface area contributed by atoms with Crippen molar-refractivity contribution in [1.82, 2.24) is 0 Å². The zero-order valence-corrected chi connectivity index (χ0v) is 28.6. The maximum Gasteiger partial charge on any atom is 0 e. The molecule has 0 fully saturated rings. The number of rotatable bonds is 0. The minimum absolute atomic E-state index is 0. The molecule has 36 valence electrons. The van der Waals surface area contributed by atoms with Crippen molar-refractivity contribution in [1.29, 1.82) is 0 Å². The van der Waals surface area contributed by atoms with Gasteiger partial charge in [0, 0.05) is 310 Å². The van der Waals surface area contributed by atoms with E-state index in [1.807, 2.05) is 0 Å². The van der Waals surface area contributed by atoms with Crippen molar-refractivity contribution in [3.05, 3.63) is 0 Å². The van der Waals surface area contributed by atoms with Gasteiger partial charge in [-0.05, 0) is 0 Å². The second-order valence-electron chi connectivity index (χ2n) is 0. The van der Waals surface area contributed by atoms with Gasteiger partial charge in [0.1, 0.15) is 0 Å². The van der Waals surface area contributed by atoms with Crippen LogP contribution in [-0.2, 0) is 310 Å². The molecule has 0 saturated heterocycles. The van der Waals surface area contributed by atoms with Crippen LogP contribution in [0.2, 0.25) is 0 Å². The normalized spacial score (nSPS) is 0. The van der Waals surface area contributed by atoms with E-state index in [0.29, 0.717) is 0 Å². The third-order valence-corrected chi connectivity index (χ3v) is 0. The van der Waals surface area contributed by atoms with Crippen LogP contribution in [0.1, 0.15) is 0 Å². The van der Waals surface area contributed by atoms with Crippen molar-refractivity contribution in [3.63, 3.8) is 0 Å². The fourth-order valence-electron chi connectivity index (χ4n) is 0. The molecule has 0 unspecified atom stereocenters. The fraction of sp³-hybridized carbons (Fsp3) is 0. The molecule has 0 N–H and O–H groups in total. The summed E-state index contributed by atoms with van der Waals surface area (Å²) in [6.07, 6.45) is 0. The molecule has 0 aliphatic rings. The van der Waals surface area contributed by atoms with E-state index in [4.69, 9.17) is 0 Å². The minimum atomic E-state index is 0. The first kappa shape index (κ1) is 94.6. The Morgan fingerprint density at radius 2 is 0.0833 bits per heavy atom. The third kappa shape index (κ3) is 70.9. The Bertz CT molecular complexity index is 0. The van der Waals surface area contributed by atoms with Gasteiger partial charge < -0.3 is 0 Å². The van der Waals surface area contributed by atoms with E-state index >= 15 is 0 Å². The summed E-state index contributed by atoms with van der Waals surface area (Å²) in [5.74, 6) is 0. The van der Waals surface area contributed by atoms with E-state index in [9.17, 15) is 0 Å². The van der Waals surface area contributed by atoms with Crippen LogP contribution in [0.3, 0.4) is 0 Å². The first-order valence-electron chi connectivity index (χ1n) is 0. The molecule has 0 bridgehead atoms. The van der Waals surface area contributed by atoms with Crippen molar-refractivity contribution in [2.45, 2.75) is 0 Å². The zero-order valence-electron chi connectivity index (χ0n) is 6.93.